The van der Waals surface area contributed by atoms with E-state index in [1.165, 1.54) is 18.2 Å². The largest absolute Gasteiger partial charge is 0.478 e. The number of nitriles is 1. The SMILES string of the molecule is N#CC1(O)C=CC(C=CC(=O)O)=CC1. The van der Waals surface area contributed by atoms with Crippen LogP contribution in [0.4, 0.5) is 0 Å². The number of rotatable bonds is 2. The van der Waals surface area contributed by atoms with Crippen LogP contribution in [-0.4, -0.2) is 21.8 Å². The molecule has 2 N–H and O–H groups in total. The summed E-state index contributed by atoms with van der Waals surface area (Å²) in [7, 11) is 0. The molecule has 0 bridgehead atoms. The van der Waals surface area contributed by atoms with Crippen molar-refractivity contribution in [3.63, 3.8) is 0 Å². The number of aliphatic carboxylic acids is 1. The molecule has 0 aromatic heterocycles. The number of nitrogens with zero attached hydrogens (tertiary/aromatic N) is 1. The zero-order valence-corrected chi connectivity index (χ0v) is 7.34. The van der Waals surface area contributed by atoms with Crippen LogP contribution in [0.25, 0.3) is 0 Å². The number of allylic oxidation sites excluding steroid dienone is 3. The van der Waals surface area contributed by atoms with Crippen LogP contribution >= 0.6 is 0 Å². The van der Waals surface area contributed by atoms with E-state index < -0.39 is 11.6 Å². The van der Waals surface area contributed by atoms with Crippen LogP contribution in [0.5, 0.6) is 0 Å². The van der Waals surface area contributed by atoms with E-state index in [-0.39, 0.29) is 6.42 Å². The van der Waals surface area contributed by atoms with Gasteiger partial charge < -0.3 is 10.2 Å². The first-order valence-electron chi connectivity index (χ1n) is 4.00. The summed E-state index contributed by atoms with van der Waals surface area (Å²) in [5.41, 5.74) is -0.770. The molecule has 0 aromatic rings. The predicted octanol–water partition coefficient (Wildman–Crippen LogP) is 0.768. The maximum Gasteiger partial charge on any atom is 0.328 e. The number of carboxylic acid groups (broad SMARTS) is 1. The molecule has 1 aliphatic carbocycles. The summed E-state index contributed by atoms with van der Waals surface area (Å²) in [6, 6.07) is 1.75. The fourth-order valence-corrected chi connectivity index (χ4v) is 1.02. The summed E-state index contributed by atoms with van der Waals surface area (Å²) in [6.07, 6.45) is 7.09. The van der Waals surface area contributed by atoms with E-state index in [0.717, 1.165) is 6.08 Å². The van der Waals surface area contributed by atoms with Crippen molar-refractivity contribution in [2.24, 2.45) is 0 Å². The molecule has 1 unspecified atom stereocenters. The van der Waals surface area contributed by atoms with Crippen molar-refractivity contribution in [1.82, 2.24) is 0 Å². The molecule has 1 aliphatic rings. The Hall–Kier alpha value is -1.86. The molecule has 0 aliphatic heterocycles. The molecule has 4 heteroatoms. The van der Waals surface area contributed by atoms with Gasteiger partial charge in [0, 0.05) is 12.5 Å². The highest BCUT2D eigenvalue weighted by Gasteiger charge is 2.23. The van der Waals surface area contributed by atoms with Crippen molar-refractivity contribution in [2.75, 3.05) is 0 Å². The zero-order chi connectivity index (χ0) is 10.6. The van der Waals surface area contributed by atoms with Gasteiger partial charge in [-0.05, 0) is 17.7 Å². The van der Waals surface area contributed by atoms with Crippen LogP contribution in [0, 0.1) is 11.3 Å². The molecule has 1 atom stereocenters. The molecule has 0 spiro atoms. The number of hydrogen-bond donors (Lipinski definition) is 2. The summed E-state index contributed by atoms with van der Waals surface area (Å²) in [4.78, 5) is 10.2. The summed E-state index contributed by atoms with van der Waals surface area (Å²) >= 11 is 0. The van der Waals surface area contributed by atoms with E-state index in [1.807, 2.05) is 0 Å². The van der Waals surface area contributed by atoms with Gasteiger partial charge in [0.15, 0.2) is 5.60 Å². The van der Waals surface area contributed by atoms with Crippen LogP contribution in [0.15, 0.2) is 36.0 Å². The standard InChI is InChI=1S/C10H9NO3/c11-7-10(14)5-3-8(4-6-10)1-2-9(12)13/h1-5,14H,6H2,(H,12,13). The van der Waals surface area contributed by atoms with Gasteiger partial charge in [-0.25, -0.2) is 4.79 Å². The Morgan fingerprint density at radius 3 is 2.86 bits per heavy atom. The average molecular weight is 191 g/mol. The van der Waals surface area contributed by atoms with E-state index in [4.69, 9.17) is 10.4 Å². The van der Waals surface area contributed by atoms with Gasteiger partial charge >= 0.3 is 5.97 Å². The Balaban J connectivity index is 2.70. The number of aliphatic hydroxyl groups is 1. The maximum absolute atomic E-state index is 10.2. The summed E-state index contributed by atoms with van der Waals surface area (Å²) in [6.45, 7) is 0. The molecular formula is C10H9NO3. The van der Waals surface area contributed by atoms with Gasteiger partial charge in [-0.1, -0.05) is 12.2 Å². The monoisotopic (exact) mass is 191 g/mol. The normalized spacial score (nSPS) is 25.9. The third kappa shape index (κ3) is 2.57. The summed E-state index contributed by atoms with van der Waals surface area (Å²) < 4.78 is 0. The molecule has 0 aromatic carbocycles. The van der Waals surface area contributed by atoms with Crippen molar-refractivity contribution >= 4 is 5.97 Å². The van der Waals surface area contributed by atoms with Crippen LogP contribution in [0.1, 0.15) is 6.42 Å². The molecule has 0 fully saturated rings. The highest BCUT2D eigenvalue weighted by atomic mass is 16.4. The van der Waals surface area contributed by atoms with Crippen molar-refractivity contribution in [3.8, 4) is 6.07 Å². The first kappa shape index (κ1) is 10.2. The van der Waals surface area contributed by atoms with Crippen molar-refractivity contribution in [1.29, 1.82) is 5.26 Å². The van der Waals surface area contributed by atoms with Gasteiger partial charge in [-0.3, -0.25) is 0 Å². The second kappa shape index (κ2) is 3.90. The van der Waals surface area contributed by atoms with Crippen LogP contribution in [0.2, 0.25) is 0 Å². The van der Waals surface area contributed by atoms with Gasteiger partial charge in [-0.2, -0.15) is 5.26 Å². The lowest BCUT2D eigenvalue weighted by atomic mass is 9.93. The third-order valence-corrected chi connectivity index (χ3v) is 1.81. The average Bonchev–Trinajstić information content (AvgIpc) is 2.17. The lowest BCUT2D eigenvalue weighted by Crippen LogP contribution is -2.23. The highest BCUT2D eigenvalue weighted by Crippen LogP contribution is 2.20. The second-order valence-electron chi connectivity index (χ2n) is 2.95. The quantitative estimate of drug-likeness (QED) is 0.499. The molecule has 72 valence electrons. The Labute approximate surface area is 81.1 Å². The van der Waals surface area contributed by atoms with Gasteiger partial charge in [0.1, 0.15) is 6.07 Å². The second-order valence-corrected chi connectivity index (χ2v) is 2.95. The molecule has 0 radical (unpaired) electrons. The van der Waals surface area contributed by atoms with E-state index in [1.54, 1.807) is 12.1 Å². The van der Waals surface area contributed by atoms with Crippen LogP contribution < -0.4 is 0 Å². The van der Waals surface area contributed by atoms with E-state index in [2.05, 4.69) is 0 Å². The van der Waals surface area contributed by atoms with Crippen molar-refractivity contribution in [2.45, 2.75) is 12.0 Å². The molecule has 0 saturated carbocycles. The van der Waals surface area contributed by atoms with Crippen LogP contribution in [-0.2, 0) is 4.79 Å². The van der Waals surface area contributed by atoms with E-state index in [0.29, 0.717) is 5.57 Å². The van der Waals surface area contributed by atoms with E-state index >= 15 is 0 Å². The maximum atomic E-state index is 10.2. The van der Waals surface area contributed by atoms with Crippen molar-refractivity contribution < 1.29 is 15.0 Å². The minimum atomic E-state index is -1.44. The highest BCUT2D eigenvalue weighted by molar-refractivity contribution is 5.80. The lowest BCUT2D eigenvalue weighted by molar-refractivity contribution is -0.131. The predicted molar refractivity (Wildman–Crippen MR) is 49.2 cm³/mol. The first-order chi connectivity index (χ1) is 6.56. The fourth-order valence-electron chi connectivity index (χ4n) is 1.02. The Kier molecular flexibility index (Phi) is 2.85. The molecule has 1 rings (SSSR count). The number of hydrogen-bond acceptors (Lipinski definition) is 3. The third-order valence-electron chi connectivity index (χ3n) is 1.81. The van der Waals surface area contributed by atoms with Gasteiger partial charge in [0.2, 0.25) is 0 Å². The molecule has 14 heavy (non-hydrogen) atoms. The molecular weight excluding hydrogens is 182 g/mol. The summed E-state index contributed by atoms with van der Waals surface area (Å²) in [5, 5.41) is 26.4. The Bertz CT molecular complexity index is 373. The minimum Gasteiger partial charge on any atom is -0.478 e. The van der Waals surface area contributed by atoms with Gasteiger partial charge in [0.25, 0.3) is 0 Å². The molecule has 0 saturated heterocycles. The smallest absolute Gasteiger partial charge is 0.328 e. The number of carbonyl (C=O) groups is 1. The van der Waals surface area contributed by atoms with Gasteiger partial charge in [0.05, 0.1) is 0 Å². The van der Waals surface area contributed by atoms with Gasteiger partial charge in [-0.15, -0.1) is 0 Å². The van der Waals surface area contributed by atoms with E-state index in [9.17, 15) is 9.90 Å². The first-order valence-corrected chi connectivity index (χ1v) is 4.00. The molecule has 0 amide bonds. The Morgan fingerprint density at radius 1 is 1.71 bits per heavy atom. The topological polar surface area (TPSA) is 81.3 Å². The summed E-state index contributed by atoms with van der Waals surface area (Å²) in [5.74, 6) is -1.03. The van der Waals surface area contributed by atoms with Crippen molar-refractivity contribution in [3.05, 3.63) is 36.0 Å². The Morgan fingerprint density at radius 2 is 2.43 bits per heavy atom. The number of carboxylic acids is 1. The lowest BCUT2D eigenvalue weighted by Gasteiger charge is -2.17. The molecule has 4 nitrogen and oxygen atoms in total. The molecule has 0 heterocycles. The minimum absolute atomic E-state index is 0.180. The zero-order valence-electron chi connectivity index (χ0n) is 7.34. The van der Waals surface area contributed by atoms with Crippen LogP contribution in [0.3, 0.4) is 0 Å². The fraction of sp³-hybridized carbons (Fsp3) is 0.200.